The maximum Gasteiger partial charge on any atom is 0.573 e. The average Bonchev–Trinajstić information content (AvgIpc) is 2.17. The number of rotatable bonds is 2. The molecule has 18 heavy (non-hydrogen) atoms. The van der Waals surface area contributed by atoms with Gasteiger partial charge in [-0.1, -0.05) is 0 Å². The fourth-order valence-corrected chi connectivity index (χ4v) is 1.08. The summed E-state index contributed by atoms with van der Waals surface area (Å²) in [5.74, 6) is -0.312. The summed E-state index contributed by atoms with van der Waals surface area (Å²) in [7, 11) is 0. The second-order valence-electron chi connectivity index (χ2n) is 4.74. The molecule has 3 nitrogen and oxygen atoms in total. The number of hydrogen-bond acceptors (Lipinski definition) is 2. The van der Waals surface area contributed by atoms with Crippen molar-refractivity contribution in [2.45, 2.75) is 32.7 Å². The van der Waals surface area contributed by atoms with Crippen molar-refractivity contribution < 1.29 is 22.6 Å². The summed E-state index contributed by atoms with van der Waals surface area (Å²) in [6.07, 6.45) is -3.39. The zero-order valence-electron chi connectivity index (χ0n) is 10.3. The normalized spacial score (nSPS) is 13.6. The molecule has 0 aliphatic carbocycles. The summed E-state index contributed by atoms with van der Waals surface area (Å²) >= 11 is 0. The Balaban J connectivity index is 2.84. The fraction of sp³-hybridized carbons (Fsp3) is 0.417. The van der Waals surface area contributed by atoms with E-state index in [1.807, 2.05) is 0 Å². The maximum atomic E-state index is 11.9. The van der Waals surface area contributed by atoms with Crippen LogP contribution < -0.4 is 4.74 Å². The van der Waals surface area contributed by atoms with Crippen LogP contribution in [-0.2, 0) is 0 Å². The van der Waals surface area contributed by atoms with Crippen LogP contribution >= 0.6 is 0 Å². The van der Waals surface area contributed by atoms with E-state index in [2.05, 4.69) is 4.74 Å². The van der Waals surface area contributed by atoms with E-state index in [0.717, 1.165) is 16.9 Å². The van der Waals surface area contributed by atoms with Crippen molar-refractivity contribution in [3.05, 3.63) is 35.0 Å². The summed E-state index contributed by atoms with van der Waals surface area (Å²) in [6, 6.07) is 5.10. The molecule has 0 fully saturated rings. The second kappa shape index (κ2) is 4.88. The standard InChI is InChI=1S/C12H14F3NO2/c1-11(2,3)16(17)8-9-4-6-10(7-5-9)18-12(13,14)15/h4-8H,1-3H3. The summed E-state index contributed by atoms with van der Waals surface area (Å²) in [6.45, 7) is 5.20. The third-order valence-electron chi connectivity index (χ3n) is 2.04. The first kappa shape index (κ1) is 14.3. The predicted molar refractivity (Wildman–Crippen MR) is 61.7 cm³/mol. The van der Waals surface area contributed by atoms with Gasteiger partial charge in [0.05, 0.1) is 0 Å². The molecule has 0 spiro atoms. The first-order chi connectivity index (χ1) is 8.08. The van der Waals surface area contributed by atoms with Crippen molar-refractivity contribution in [2.24, 2.45) is 0 Å². The van der Waals surface area contributed by atoms with Gasteiger partial charge in [-0.2, -0.15) is 0 Å². The van der Waals surface area contributed by atoms with Gasteiger partial charge in [-0.15, -0.1) is 13.2 Å². The van der Waals surface area contributed by atoms with Crippen molar-refractivity contribution in [3.8, 4) is 5.75 Å². The van der Waals surface area contributed by atoms with Gasteiger partial charge in [0, 0.05) is 26.3 Å². The Labute approximate surface area is 103 Å². The third-order valence-corrected chi connectivity index (χ3v) is 2.04. The van der Waals surface area contributed by atoms with Crippen LogP contribution in [0.25, 0.3) is 0 Å². The third kappa shape index (κ3) is 4.65. The van der Waals surface area contributed by atoms with E-state index in [-0.39, 0.29) is 5.75 Å². The van der Waals surface area contributed by atoms with Gasteiger partial charge >= 0.3 is 6.36 Å². The van der Waals surface area contributed by atoms with Crippen molar-refractivity contribution in [1.29, 1.82) is 0 Å². The van der Waals surface area contributed by atoms with E-state index < -0.39 is 11.9 Å². The SMILES string of the molecule is CC(C)(C)[N+]([O-])=Cc1ccc(OC(F)(F)F)cc1. The molecule has 0 bridgehead atoms. The Hall–Kier alpha value is -1.72. The minimum atomic E-state index is -4.71. The van der Waals surface area contributed by atoms with Crippen LogP contribution in [0.1, 0.15) is 26.3 Å². The molecule has 0 amide bonds. The Bertz CT molecular complexity index is 430. The van der Waals surface area contributed by atoms with Gasteiger partial charge in [-0.25, -0.2) is 4.74 Å². The van der Waals surface area contributed by atoms with Crippen LogP contribution in [0.5, 0.6) is 5.75 Å². The van der Waals surface area contributed by atoms with Crippen LogP contribution in [0, 0.1) is 5.21 Å². The van der Waals surface area contributed by atoms with Gasteiger partial charge in [0.25, 0.3) is 0 Å². The van der Waals surface area contributed by atoms with Gasteiger partial charge < -0.3 is 9.94 Å². The molecule has 0 aliphatic heterocycles. The van der Waals surface area contributed by atoms with Gasteiger partial charge in [0.15, 0.2) is 11.8 Å². The molecule has 0 aromatic heterocycles. The molecule has 0 heterocycles. The van der Waals surface area contributed by atoms with Gasteiger partial charge in [-0.05, 0) is 24.3 Å². The molecule has 0 aliphatic rings. The Morgan fingerprint density at radius 1 is 1.11 bits per heavy atom. The largest absolute Gasteiger partial charge is 0.623 e. The topological polar surface area (TPSA) is 35.3 Å². The number of nitrogens with zero attached hydrogens (tertiary/aromatic N) is 1. The number of hydrogen-bond donors (Lipinski definition) is 0. The number of ether oxygens (including phenoxy) is 1. The lowest BCUT2D eigenvalue weighted by Gasteiger charge is -2.18. The van der Waals surface area contributed by atoms with E-state index >= 15 is 0 Å². The van der Waals surface area contributed by atoms with E-state index in [0.29, 0.717) is 5.56 Å². The molecule has 1 aromatic carbocycles. The van der Waals surface area contributed by atoms with Crippen molar-refractivity contribution in [1.82, 2.24) is 0 Å². The second-order valence-corrected chi connectivity index (χ2v) is 4.74. The smallest absolute Gasteiger partial charge is 0.573 e. The lowest BCUT2D eigenvalue weighted by molar-refractivity contribution is -0.530. The molecule has 0 radical (unpaired) electrons. The van der Waals surface area contributed by atoms with E-state index in [1.54, 1.807) is 20.8 Å². The zero-order valence-corrected chi connectivity index (χ0v) is 10.3. The monoisotopic (exact) mass is 261 g/mol. The Morgan fingerprint density at radius 3 is 2.00 bits per heavy atom. The van der Waals surface area contributed by atoms with Gasteiger partial charge in [0.2, 0.25) is 0 Å². The number of benzene rings is 1. The quantitative estimate of drug-likeness (QED) is 0.354. The summed E-state index contributed by atoms with van der Waals surface area (Å²) in [4.78, 5) is 0. The van der Waals surface area contributed by atoms with E-state index in [1.165, 1.54) is 18.3 Å². The molecule has 0 saturated carbocycles. The molecule has 0 saturated heterocycles. The molecule has 1 aromatic rings. The molecule has 0 atom stereocenters. The predicted octanol–water partition coefficient (Wildman–Crippen LogP) is 3.31. The first-order valence-electron chi connectivity index (χ1n) is 5.25. The number of hydroxylamine groups is 1. The Morgan fingerprint density at radius 2 is 1.61 bits per heavy atom. The highest BCUT2D eigenvalue weighted by Gasteiger charge is 2.30. The average molecular weight is 261 g/mol. The van der Waals surface area contributed by atoms with Crippen LogP contribution in [0.15, 0.2) is 24.3 Å². The zero-order chi connectivity index (χ0) is 14.0. The van der Waals surface area contributed by atoms with Crippen LogP contribution in [0.2, 0.25) is 0 Å². The van der Waals surface area contributed by atoms with Crippen molar-refractivity contribution in [2.75, 3.05) is 0 Å². The highest BCUT2D eigenvalue weighted by molar-refractivity contribution is 5.76. The van der Waals surface area contributed by atoms with Crippen LogP contribution in [0.3, 0.4) is 0 Å². The van der Waals surface area contributed by atoms with Crippen LogP contribution in [-0.4, -0.2) is 22.9 Å². The first-order valence-corrected chi connectivity index (χ1v) is 5.25. The minimum Gasteiger partial charge on any atom is -0.623 e. The molecule has 0 unspecified atom stereocenters. The van der Waals surface area contributed by atoms with E-state index in [9.17, 15) is 18.4 Å². The molecular formula is C12H14F3NO2. The lowest BCUT2D eigenvalue weighted by atomic mass is 10.1. The molecular weight excluding hydrogens is 247 g/mol. The minimum absolute atomic E-state index is 0.312. The molecule has 1 rings (SSSR count). The molecule has 6 heteroatoms. The van der Waals surface area contributed by atoms with Crippen molar-refractivity contribution in [3.63, 3.8) is 0 Å². The highest BCUT2D eigenvalue weighted by Crippen LogP contribution is 2.22. The maximum absolute atomic E-state index is 11.9. The van der Waals surface area contributed by atoms with Crippen LogP contribution in [0.4, 0.5) is 13.2 Å². The van der Waals surface area contributed by atoms with E-state index in [4.69, 9.17) is 0 Å². The number of alkyl halides is 3. The van der Waals surface area contributed by atoms with Crippen molar-refractivity contribution >= 4 is 6.21 Å². The summed E-state index contributed by atoms with van der Waals surface area (Å²) < 4.78 is 40.2. The van der Waals surface area contributed by atoms with Gasteiger partial charge in [-0.3, -0.25) is 0 Å². The lowest BCUT2D eigenvalue weighted by Crippen LogP contribution is -2.29. The molecule has 0 N–H and O–H groups in total. The Kier molecular flexibility index (Phi) is 3.88. The number of halogens is 3. The highest BCUT2D eigenvalue weighted by atomic mass is 19.4. The fourth-order valence-electron chi connectivity index (χ4n) is 1.08. The molecule has 100 valence electrons. The van der Waals surface area contributed by atoms with Gasteiger partial charge in [0.1, 0.15) is 5.75 Å². The summed E-state index contributed by atoms with van der Waals surface area (Å²) in [5, 5.41) is 11.6. The summed E-state index contributed by atoms with van der Waals surface area (Å²) in [5.41, 5.74) is -0.0873.